The lowest BCUT2D eigenvalue weighted by molar-refractivity contribution is 0.665. The van der Waals surface area contributed by atoms with Crippen LogP contribution in [0.5, 0.6) is 0 Å². The maximum Gasteiger partial charge on any atom is 0.164 e. The number of hydrogen-bond acceptors (Lipinski definition) is 4. The zero-order chi connectivity index (χ0) is 41.0. The lowest BCUT2D eigenvalue weighted by atomic mass is 9.67. The number of furan rings is 1. The first kappa shape index (κ1) is 35.7. The van der Waals surface area contributed by atoms with Crippen molar-refractivity contribution in [2.75, 3.05) is 0 Å². The van der Waals surface area contributed by atoms with Gasteiger partial charge in [-0.1, -0.05) is 206 Å². The monoisotopic (exact) mass is 791 g/mol. The summed E-state index contributed by atoms with van der Waals surface area (Å²) >= 11 is 0. The number of rotatable bonds is 7. The molecule has 11 aromatic rings. The highest BCUT2D eigenvalue weighted by molar-refractivity contribution is 6.05. The average Bonchev–Trinajstić information content (AvgIpc) is 3.88. The maximum absolute atomic E-state index is 6.51. The van der Waals surface area contributed by atoms with E-state index in [2.05, 4.69) is 176 Å². The van der Waals surface area contributed by atoms with Gasteiger partial charge in [-0.05, 0) is 73.8 Å². The molecule has 0 atom stereocenters. The molecule has 0 amide bonds. The molecule has 12 rings (SSSR count). The van der Waals surface area contributed by atoms with Crippen LogP contribution in [0, 0.1) is 0 Å². The molecular formula is C58H37N3O. The predicted octanol–water partition coefficient (Wildman–Crippen LogP) is 14.5. The largest absolute Gasteiger partial charge is 0.456 e. The number of hydrogen-bond donors (Lipinski definition) is 0. The summed E-state index contributed by atoms with van der Waals surface area (Å²) in [5.41, 5.74) is 15.9. The van der Waals surface area contributed by atoms with Crippen molar-refractivity contribution in [3.63, 3.8) is 0 Å². The van der Waals surface area contributed by atoms with E-state index in [1.165, 1.54) is 38.9 Å². The lowest BCUT2D eigenvalue weighted by Crippen LogP contribution is -2.28. The number of nitrogens with zero attached hydrogens (tertiary/aromatic N) is 3. The van der Waals surface area contributed by atoms with Crippen LogP contribution in [0.15, 0.2) is 229 Å². The Morgan fingerprint density at radius 1 is 0.290 bits per heavy atom. The highest BCUT2D eigenvalue weighted by Crippen LogP contribution is 2.56. The zero-order valence-corrected chi connectivity index (χ0v) is 33.6. The van der Waals surface area contributed by atoms with E-state index in [9.17, 15) is 0 Å². The first-order chi connectivity index (χ1) is 30.7. The van der Waals surface area contributed by atoms with Gasteiger partial charge >= 0.3 is 0 Å². The van der Waals surface area contributed by atoms with E-state index in [0.717, 1.165) is 55.3 Å². The molecule has 1 aliphatic rings. The van der Waals surface area contributed by atoms with Gasteiger partial charge in [-0.15, -0.1) is 0 Å². The molecule has 0 fully saturated rings. The molecule has 2 aromatic heterocycles. The van der Waals surface area contributed by atoms with E-state index in [-0.39, 0.29) is 0 Å². The number of benzene rings is 9. The number of fused-ring (bicyclic) bond motifs is 6. The van der Waals surface area contributed by atoms with Gasteiger partial charge in [0.1, 0.15) is 11.2 Å². The Hall–Kier alpha value is -8.21. The van der Waals surface area contributed by atoms with E-state index < -0.39 is 5.41 Å². The molecule has 62 heavy (non-hydrogen) atoms. The summed E-state index contributed by atoms with van der Waals surface area (Å²) in [6, 6.07) is 79.4. The number of para-hydroxylation sites is 1. The molecule has 9 aromatic carbocycles. The van der Waals surface area contributed by atoms with Gasteiger partial charge in [-0.3, -0.25) is 0 Å². The van der Waals surface area contributed by atoms with Gasteiger partial charge in [0.15, 0.2) is 17.5 Å². The van der Waals surface area contributed by atoms with Crippen molar-refractivity contribution in [2.45, 2.75) is 5.41 Å². The van der Waals surface area contributed by atoms with Crippen molar-refractivity contribution in [1.29, 1.82) is 0 Å². The predicted molar refractivity (Wildman–Crippen MR) is 252 cm³/mol. The summed E-state index contributed by atoms with van der Waals surface area (Å²) < 4.78 is 6.51. The second kappa shape index (κ2) is 14.5. The van der Waals surface area contributed by atoms with E-state index >= 15 is 0 Å². The van der Waals surface area contributed by atoms with Gasteiger partial charge in [-0.25, -0.2) is 15.0 Å². The van der Waals surface area contributed by atoms with Crippen LogP contribution in [0.2, 0.25) is 0 Å². The summed E-state index contributed by atoms with van der Waals surface area (Å²) in [6.45, 7) is 0. The molecule has 4 nitrogen and oxygen atoms in total. The van der Waals surface area contributed by atoms with Gasteiger partial charge in [0.05, 0.1) is 5.41 Å². The number of aromatic nitrogens is 3. The molecule has 2 heterocycles. The Morgan fingerprint density at radius 2 is 0.742 bits per heavy atom. The van der Waals surface area contributed by atoms with Gasteiger partial charge in [0.2, 0.25) is 0 Å². The molecule has 0 bridgehead atoms. The summed E-state index contributed by atoms with van der Waals surface area (Å²) in [5.74, 6) is 1.89. The van der Waals surface area contributed by atoms with Crippen molar-refractivity contribution in [3.8, 4) is 67.5 Å². The fraction of sp³-hybridized carbons (Fsp3) is 0.0172. The summed E-state index contributed by atoms with van der Waals surface area (Å²) in [4.78, 5) is 15.1. The van der Waals surface area contributed by atoms with Crippen molar-refractivity contribution in [2.24, 2.45) is 0 Å². The molecule has 0 spiro atoms. The highest BCUT2D eigenvalue weighted by atomic mass is 16.3. The minimum atomic E-state index is -0.560. The Morgan fingerprint density at radius 3 is 1.44 bits per heavy atom. The minimum absolute atomic E-state index is 0.560. The molecule has 290 valence electrons. The summed E-state index contributed by atoms with van der Waals surface area (Å²) in [5, 5.41) is 2.25. The van der Waals surface area contributed by atoms with Crippen LogP contribution < -0.4 is 0 Å². The third-order valence-electron chi connectivity index (χ3n) is 12.5. The third-order valence-corrected chi connectivity index (χ3v) is 12.5. The zero-order valence-electron chi connectivity index (χ0n) is 33.6. The van der Waals surface area contributed by atoms with Crippen LogP contribution >= 0.6 is 0 Å². The fourth-order valence-corrected chi connectivity index (χ4v) is 9.53. The lowest BCUT2D eigenvalue weighted by Gasteiger charge is -2.34. The highest BCUT2D eigenvalue weighted by Gasteiger charge is 2.46. The second-order valence-electron chi connectivity index (χ2n) is 15.9. The summed E-state index contributed by atoms with van der Waals surface area (Å²) in [7, 11) is 0. The van der Waals surface area contributed by atoms with E-state index in [1.54, 1.807) is 0 Å². The molecular weight excluding hydrogens is 755 g/mol. The average molecular weight is 792 g/mol. The standard InChI is InChI=1S/C58H37N3O/c1-3-14-38(15-4-1)39-26-28-42(29-27-39)56-59-55(41-16-5-2-6-17-41)60-57(61-56)44-19-13-18-43(36-44)40-30-32-45(33-31-40)58(51-23-10-7-20-47(51)48-21-8-11-24-52(48)58)46-34-35-50-49-22-9-12-25-53(49)62-54(50)37-46/h1-37H. The van der Waals surface area contributed by atoms with Gasteiger partial charge in [0.25, 0.3) is 0 Å². The van der Waals surface area contributed by atoms with Gasteiger partial charge < -0.3 is 4.42 Å². The molecule has 1 aliphatic carbocycles. The van der Waals surface area contributed by atoms with E-state index in [1.807, 2.05) is 48.5 Å². The Labute approximate surface area is 359 Å². The molecule has 0 saturated carbocycles. The third kappa shape index (κ3) is 5.80. The quantitative estimate of drug-likeness (QED) is 0.161. The topological polar surface area (TPSA) is 51.8 Å². The van der Waals surface area contributed by atoms with E-state index in [4.69, 9.17) is 19.4 Å². The fourth-order valence-electron chi connectivity index (χ4n) is 9.53. The van der Waals surface area contributed by atoms with Crippen LogP contribution in [0.4, 0.5) is 0 Å². The van der Waals surface area contributed by atoms with Crippen molar-refractivity contribution in [3.05, 3.63) is 247 Å². The first-order valence-electron chi connectivity index (χ1n) is 21.0. The Kier molecular flexibility index (Phi) is 8.36. The minimum Gasteiger partial charge on any atom is -0.456 e. The second-order valence-corrected chi connectivity index (χ2v) is 15.9. The maximum atomic E-state index is 6.51. The smallest absolute Gasteiger partial charge is 0.164 e. The van der Waals surface area contributed by atoms with Crippen LogP contribution in [0.25, 0.3) is 89.5 Å². The van der Waals surface area contributed by atoms with Crippen LogP contribution in [-0.2, 0) is 5.41 Å². The van der Waals surface area contributed by atoms with Crippen molar-refractivity contribution in [1.82, 2.24) is 15.0 Å². The Balaban J connectivity index is 0.960. The molecule has 0 aliphatic heterocycles. The molecule has 0 unspecified atom stereocenters. The molecule has 0 radical (unpaired) electrons. The first-order valence-corrected chi connectivity index (χ1v) is 21.0. The molecule has 0 saturated heterocycles. The van der Waals surface area contributed by atoms with Crippen LogP contribution in [0.3, 0.4) is 0 Å². The van der Waals surface area contributed by atoms with Crippen molar-refractivity contribution >= 4 is 21.9 Å². The van der Waals surface area contributed by atoms with Crippen molar-refractivity contribution < 1.29 is 4.42 Å². The van der Waals surface area contributed by atoms with Crippen LogP contribution in [0.1, 0.15) is 22.3 Å². The normalized spacial score (nSPS) is 12.6. The van der Waals surface area contributed by atoms with Gasteiger partial charge in [0, 0.05) is 27.5 Å². The SMILES string of the molecule is c1ccc(-c2ccc(-c3nc(-c4ccccc4)nc(-c4cccc(-c5ccc(C6(c7ccc8c(c7)oc7ccccc78)c7ccccc7-c7ccccc76)cc5)c4)n3)cc2)cc1. The summed E-state index contributed by atoms with van der Waals surface area (Å²) in [6.07, 6.45) is 0. The molecule has 0 N–H and O–H groups in total. The van der Waals surface area contributed by atoms with E-state index in [0.29, 0.717) is 17.5 Å². The van der Waals surface area contributed by atoms with Gasteiger partial charge in [-0.2, -0.15) is 0 Å². The molecule has 4 heteroatoms. The Bertz CT molecular complexity index is 3400. The van der Waals surface area contributed by atoms with Crippen LogP contribution in [-0.4, -0.2) is 15.0 Å².